The van der Waals surface area contributed by atoms with Crippen molar-refractivity contribution in [2.45, 2.75) is 13.0 Å². The average molecular weight is 270 g/mol. The van der Waals surface area contributed by atoms with E-state index in [1.54, 1.807) is 0 Å². The molecule has 9 nitrogen and oxygen atoms in total. The summed E-state index contributed by atoms with van der Waals surface area (Å²) in [7, 11) is 0. The van der Waals surface area contributed by atoms with E-state index in [9.17, 15) is 0 Å². The highest BCUT2D eigenvalue weighted by atomic mass is 16.6. The number of nitrogens with one attached hydrogen (secondary N) is 2. The van der Waals surface area contributed by atoms with Crippen LogP contribution in [0.4, 0.5) is 11.9 Å². The predicted molar refractivity (Wildman–Crippen MR) is 67.9 cm³/mol. The summed E-state index contributed by atoms with van der Waals surface area (Å²) in [5.74, 6) is 5.91. The molecule has 1 aliphatic heterocycles. The first-order valence-corrected chi connectivity index (χ1v) is 6.10. The third-order valence-corrected chi connectivity index (χ3v) is 2.39. The molecule has 4 N–H and O–H groups in total. The monoisotopic (exact) mass is 270 g/mol. The van der Waals surface area contributed by atoms with Crippen molar-refractivity contribution in [2.24, 2.45) is 5.84 Å². The SMILES string of the molecule is CCOc1nc(NN)nc(NCC2COCCO2)n1. The molecule has 1 atom stereocenters. The summed E-state index contributed by atoms with van der Waals surface area (Å²) in [6.45, 7) is 4.64. The quantitative estimate of drug-likeness (QED) is 0.459. The Hall–Kier alpha value is -1.71. The molecule has 1 unspecified atom stereocenters. The molecule has 2 heterocycles. The van der Waals surface area contributed by atoms with Crippen molar-refractivity contribution in [3.63, 3.8) is 0 Å². The van der Waals surface area contributed by atoms with Crippen LogP contribution in [0.2, 0.25) is 0 Å². The van der Waals surface area contributed by atoms with E-state index < -0.39 is 0 Å². The first-order chi connectivity index (χ1) is 9.31. The third kappa shape index (κ3) is 4.16. The molecule has 0 amide bonds. The second-order valence-corrected chi connectivity index (χ2v) is 3.79. The zero-order valence-electron chi connectivity index (χ0n) is 10.8. The second kappa shape index (κ2) is 7.02. The van der Waals surface area contributed by atoms with Crippen molar-refractivity contribution >= 4 is 11.9 Å². The van der Waals surface area contributed by atoms with E-state index in [-0.39, 0.29) is 18.1 Å². The zero-order valence-corrected chi connectivity index (χ0v) is 10.8. The lowest BCUT2D eigenvalue weighted by molar-refractivity contribution is -0.0819. The molecule has 1 aliphatic rings. The Balaban J connectivity index is 1.95. The van der Waals surface area contributed by atoms with Crippen molar-refractivity contribution in [2.75, 3.05) is 43.7 Å². The van der Waals surface area contributed by atoms with E-state index in [2.05, 4.69) is 25.7 Å². The minimum atomic E-state index is -0.0182. The van der Waals surface area contributed by atoms with Crippen LogP contribution < -0.4 is 21.3 Å². The molecule has 0 bridgehead atoms. The fourth-order valence-corrected chi connectivity index (χ4v) is 1.55. The first kappa shape index (κ1) is 13.7. The fraction of sp³-hybridized carbons (Fsp3) is 0.700. The maximum Gasteiger partial charge on any atom is 0.323 e. The zero-order chi connectivity index (χ0) is 13.5. The van der Waals surface area contributed by atoms with Gasteiger partial charge in [0.05, 0.1) is 32.5 Å². The summed E-state index contributed by atoms with van der Waals surface area (Å²) >= 11 is 0. The molecule has 0 aliphatic carbocycles. The molecule has 2 rings (SSSR count). The van der Waals surface area contributed by atoms with Crippen molar-refractivity contribution < 1.29 is 14.2 Å². The topological polar surface area (TPSA) is 116 Å². The van der Waals surface area contributed by atoms with Gasteiger partial charge in [0.2, 0.25) is 11.9 Å². The van der Waals surface area contributed by atoms with Crippen LogP contribution in [0.3, 0.4) is 0 Å². The van der Waals surface area contributed by atoms with Crippen LogP contribution in [0.5, 0.6) is 6.01 Å². The lowest BCUT2D eigenvalue weighted by Gasteiger charge is -2.23. The largest absolute Gasteiger partial charge is 0.464 e. The lowest BCUT2D eigenvalue weighted by atomic mass is 10.3. The molecule has 106 valence electrons. The van der Waals surface area contributed by atoms with Gasteiger partial charge in [0.15, 0.2) is 0 Å². The van der Waals surface area contributed by atoms with Crippen LogP contribution in [0, 0.1) is 0 Å². The Labute approximate surface area is 110 Å². The average Bonchev–Trinajstić information content (AvgIpc) is 2.46. The van der Waals surface area contributed by atoms with Crippen LogP contribution in [0.15, 0.2) is 0 Å². The van der Waals surface area contributed by atoms with Gasteiger partial charge < -0.3 is 19.5 Å². The van der Waals surface area contributed by atoms with Crippen molar-refractivity contribution in [1.82, 2.24) is 15.0 Å². The first-order valence-electron chi connectivity index (χ1n) is 6.10. The highest BCUT2D eigenvalue weighted by molar-refractivity contribution is 5.34. The standard InChI is InChI=1S/C10H18N6O3/c1-2-18-10-14-8(13-9(15-10)16-11)12-5-7-6-17-3-4-19-7/h7H,2-6,11H2,1H3,(H2,12,13,14,15,16). The van der Waals surface area contributed by atoms with Gasteiger partial charge in [-0.3, -0.25) is 5.43 Å². The Kier molecular flexibility index (Phi) is 5.07. The molecule has 0 spiro atoms. The number of anilines is 2. The summed E-state index contributed by atoms with van der Waals surface area (Å²) in [4.78, 5) is 12.1. The summed E-state index contributed by atoms with van der Waals surface area (Å²) in [5.41, 5.74) is 2.37. The van der Waals surface area contributed by atoms with Gasteiger partial charge >= 0.3 is 6.01 Å². The van der Waals surface area contributed by atoms with Gasteiger partial charge in [-0.2, -0.15) is 15.0 Å². The number of aromatic nitrogens is 3. The van der Waals surface area contributed by atoms with Crippen LogP contribution in [-0.4, -0.2) is 54.0 Å². The Morgan fingerprint density at radius 3 is 2.84 bits per heavy atom. The highest BCUT2D eigenvalue weighted by Crippen LogP contribution is 2.11. The Bertz CT molecular complexity index is 399. The Morgan fingerprint density at radius 2 is 2.16 bits per heavy atom. The van der Waals surface area contributed by atoms with E-state index >= 15 is 0 Å². The molecule has 19 heavy (non-hydrogen) atoms. The van der Waals surface area contributed by atoms with Crippen LogP contribution in [-0.2, 0) is 9.47 Å². The van der Waals surface area contributed by atoms with Gasteiger partial charge in [-0.25, -0.2) is 5.84 Å². The Morgan fingerprint density at radius 1 is 1.32 bits per heavy atom. The van der Waals surface area contributed by atoms with E-state index in [1.807, 2.05) is 6.92 Å². The number of hydrazine groups is 1. The van der Waals surface area contributed by atoms with Gasteiger partial charge in [-0.1, -0.05) is 0 Å². The van der Waals surface area contributed by atoms with Crippen molar-refractivity contribution in [3.05, 3.63) is 0 Å². The fourth-order valence-electron chi connectivity index (χ4n) is 1.55. The van der Waals surface area contributed by atoms with Crippen LogP contribution in [0.1, 0.15) is 6.92 Å². The highest BCUT2D eigenvalue weighted by Gasteiger charge is 2.15. The molecule has 9 heteroatoms. The molecule has 1 saturated heterocycles. The number of nitrogens with two attached hydrogens (primary N) is 1. The number of hydrogen-bond donors (Lipinski definition) is 3. The third-order valence-electron chi connectivity index (χ3n) is 2.39. The van der Waals surface area contributed by atoms with Crippen LogP contribution in [0.25, 0.3) is 0 Å². The number of hydrogen-bond acceptors (Lipinski definition) is 9. The maximum atomic E-state index is 5.50. The maximum absolute atomic E-state index is 5.50. The van der Waals surface area contributed by atoms with E-state index in [4.69, 9.17) is 20.1 Å². The number of nitrogens with zero attached hydrogens (tertiary/aromatic N) is 3. The van der Waals surface area contributed by atoms with Crippen molar-refractivity contribution in [3.8, 4) is 6.01 Å². The van der Waals surface area contributed by atoms with Gasteiger partial charge in [-0.05, 0) is 6.92 Å². The minimum absolute atomic E-state index is 0.0182. The van der Waals surface area contributed by atoms with Gasteiger partial charge in [0, 0.05) is 6.54 Å². The second-order valence-electron chi connectivity index (χ2n) is 3.79. The predicted octanol–water partition coefficient (Wildman–Crippen LogP) is -0.617. The molecule has 1 fully saturated rings. The number of nitrogen functional groups attached to an aromatic ring is 1. The summed E-state index contributed by atoms with van der Waals surface area (Å²) in [6.07, 6.45) is -0.0182. The molecular weight excluding hydrogens is 252 g/mol. The molecule has 0 saturated carbocycles. The van der Waals surface area contributed by atoms with E-state index in [0.717, 1.165) is 0 Å². The normalized spacial score (nSPS) is 18.9. The summed E-state index contributed by atoms with van der Waals surface area (Å²) < 4.78 is 16.0. The summed E-state index contributed by atoms with van der Waals surface area (Å²) in [6, 6.07) is 0.216. The lowest BCUT2D eigenvalue weighted by Crippen LogP contribution is -2.34. The van der Waals surface area contributed by atoms with E-state index in [0.29, 0.717) is 38.9 Å². The summed E-state index contributed by atoms with van der Waals surface area (Å²) in [5, 5.41) is 3.05. The number of rotatable bonds is 6. The molecule has 1 aromatic heterocycles. The molecule has 1 aromatic rings. The van der Waals surface area contributed by atoms with Gasteiger partial charge in [0.1, 0.15) is 0 Å². The molecule has 0 aromatic carbocycles. The van der Waals surface area contributed by atoms with E-state index in [1.165, 1.54) is 0 Å². The van der Waals surface area contributed by atoms with Gasteiger partial charge in [-0.15, -0.1) is 0 Å². The van der Waals surface area contributed by atoms with Gasteiger partial charge in [0.25, 0.3) is 0 Å². The molecule has 0 radical (unpaired) electrons. The number of ether oxygens (including phenoxy) is 3. The smallest absolute Gasteiger partial charge is 0.323 e. The minimum Gasteiger partial charge on any atom is -0.464 e. The van der Waals surface area contributed by atoms with Crippen molar-refractivity contribution in [1.29, 1.82) is 0 Å². The molecular formula is C10H18N6O3. The van der Waals surface area contributed by atoms with Crippen LogP contribution >= 0.6 is 0 Å².